The number of hydrogen-bond donors (Lipinski definition) is 2. The van der Waals surface area contributed by atoms with Crippen molar-refractivity contribution in [3.63, 3.8) is 0 Å². The van der Waals surface area contributed by atoms with Crippen LogP contribution < -0.4 is 11.1 Å². The maximum Gasteiger partial charge on any atom is 0.250 e. The van der Waals surface area contributed by atoms with E-state index in [1.54, 1.807) is 12.1 Å². The number of halogens is 1. The molecule has 0 aliphatic heterocycles. The van der Waals surface area contributed by atoms with Crippen molar-refractivity contribution in [2.45, 2.75) is 13.3 Å². The first-order valence-electron chi connectivity index (χ1n) is 5.51. The van der Waals surface area contributed by atoms with E-state index in [1.165, 1.54) is 0 Å². The molecule has 0 unspecified atom stereocenters. The van der Waals surface area contributed by atoms with Crippen LogP contribution >= 0.6 is 28.1 Å². The molecule has 98 valence electrons. The number of carbonyl (C=O) groups excluding carboxylic acids is 1. The van der Waals surface area contributed by atoms with Gasteiger partial charge in [-0.15, -0.1) is 0 Å². The maximum atomic E-state index is 11.6. The van der Waals surface area contributed by atoms with E-state index in [2.05, 4.69) is 21.2 Å². The van der Waals surface area contributed by atoms with Crippen molar-refractivity contribution in [3.05, 3.63) is 28.2 Å². The van der Waals surface area contributed by atoms with E-state index in [0.29, 0.717) is 17.9 Å². The first-order valence-corrected chi connectivity index (χ1v) is 6.71. The number of ether oxygens (including phenoxy) is 1. The number of thiocarbonyl (C=S) groups is 1. The van der Waals surface area contributed by atoms with Crippen LogP contribution in [0.3, 0.4) is 0 Å². The Balaban J connectivity index is 2.72. The SMILES string of the molecule is CCCOCC(=O)Nc1ccc(Br)cc1C(N)=S. The summed E-state index contributed by atoms with van der Waals surface area (Å²) in [5, 5.41) is 2.73. The molecule has 0 aromatic heterocycles. The Bertz CT molecular complexity index is 452. The molecule has 0 radical (unpaired) electrons. The largest absolute Gasteiger partial charge is 0.389 e. The average Bonchev–Trinajstić information content (AvgIpc) is 2.31. The lowest BCUT2D eigenvalue weighted by molar-refractivity contribution is -0.120. The Labute approximate surface area is 120 Å². The van der Waals surface area contributed by atoms with Crippen molar-refractivity contribution in [1.82, 2.24) is 0 Å². The van der Waals surface area contributed by atoms with Crippen LogP contribution in [-0.4, -0.2) is 24.1 Å². The van der Waals surface area contributed by atoms with E-state index >= 15 is 0 Å². The lowest BCUT2D eigenvalue weighted by Crippen LogP contribution is -2.21. The van der Waals surface area contributed by atoms with Crippen LogP contribution in [0.2, 0.25) is 0 Å². The molecule has 0 spiro atoms. The van der Waals surface area contributed by atoms with Crippen molar-refractivity contribution in [2.24, 2.45) is 5.73 Å². The molecule has 18 heavy (non-hydrogen) atoms. The highest BCUT2D eigenvalue weighted by molar-refractivity contribution is 9.10. The number of carbonyl (C=O) groups is 1. The zero-order valence-electron chi connectivity index (χ0n) is 10.0. The number of nitrogens with one attached hydrogen (secondary N) is 1. The second-order valence-corrected chi connectivity index (χ2v) is 5.01. The number of anilines is 1. The van der Waals surface area contributed by atoms with Crippen molar-refractivity contribution in [2.75, 3.05) is 18.5 Å². The second-order valence-electron chi connectivity index (χ2n) is 3.65. The second kappa shape index (κ2) is 7.45. The van der Waals surface area contributed by atoms with Crippen molar-refractivity contribution < 1.29 is 9.53 Å². The predicted molar refractivity (Wildman–Crippen MR) is 79.8 cm³/mol. The smallest absolute Gasteiger partial charge is 0.250 e. The molecule has 0 aliphatic carbocycles. The van der Waals surface area contributed by atoms with Crippen molar-refractivity contribution in [1.29, 1.82) is 0 Å². The van der Waals surface area contributed by atoms with Crippen LogP contribution in [0, 0.1) is 0 Å². The minimum absolute atomic E-state index is 0.0284. The Morgan fingerprint density at radius 1 is 1.56 bits per heavy atom. The standard InChI is InChI=1S/C12H15BrN2O2S/c1-2-5-17-7-11(16)15-10-4-3-8(13)6-9(10)12(14)18/h3-4,6H,2,5,7H2,1H3,(H2,14,18)(H,15,16). The first kappa shape index (κ1) is 15.1. The molecule has 1 rings (SSSR count). The summed E-state index contributed by atoms with van der Waals surface area (Å²) in [6.45, 7) is 2.58. The molecular formula is C12H15BrN2O2S. The van der Waals surface area contributed by atoms with Crippen LogP contribution in [0.1, 0.15) is 18.9 Å². The molecule has 3 N–H and O–H groups in total. The van der Waals surface area contributed by atoms with Gasteiger partial charge in [0, 0.05) is 16.6 Å². The van der Waals surface area contributed by atoms with E-state index in [4.69, 9.17) is 22.7 Å². The molecule has 4 nitrogen and oxygen atoms in total. The minimum Gasteiger partial charge on any atom is -0.389 e. The van der Waals surface area contributed by atoms with Gasteiger partial charge in [0.25, 0.3) is 0 Å². The van der Waals surface area contributed by atoms with Crippen LogP contribution in [0.15, 0.2) is 22.7 Å². The van der Waals surface area contributed by atoms with Crippen LogP contribution in [0.5, 0.6) is 0 Å². The molecule has 1 aromatic carbocycles. The van der Waals surface area contributed by atoms with Gasteiger partial charge in [-0.2, -0.15) is 0 Å². The number of rotatable bonds is 6. The molecule has 0 heterocycles. The fourth-order valence-corrected chi connectivity index (χ4v) is 1.85. The van der Waals surface area contributed by atoms with Crippen LogP contribution in [0.25, 0.3) is 0 Å². The molecule has 0 saturated heterocycles. The third kappa shape index (κ3) is 4.72. The Hall–Kier alpha value is -0.980. The molecule has 0 fully saturated rings. The highest BCUT2D eigenvalue weighted by Gasteiger charge is 2.09. The van der Waals surface area contributed by atoms with E-state index in [1.807, 2.05) is 13.0 Å². The first-order chi connectivity index (χ1) is 8.54. The van der Waals surface area contributed by atoms with E-state index in [0.717, 1.165) is 10.9 Å². The minimum atomic E-state index is -0.219. The molecule has 0 saturated carbocycles. The molecule has 0 aliphatic rings. The topological polar surface area (TPSA) is 64.3 Å². The van der Waals surface area contributed by atoms with Gasteiger partial charge in [0.2, 0.25) is 5.91 Å². The summed E-state index contributed by atoms with van der Waals surface area (Å²) in [6, 6.07) is 5.32. The van der Waals surface area contributed by atoms with Crippen LogP contribution in [-0.2, 0) is 9.53 Å². The molecule has 1 aromatic rings. The third-order valence-electron chi connectivity index (χ3n) is 2.10. The summed E-state index contributed by atoms with van der Waals surface area (Å²) in [7, 11) is 0. The van der Waals surface area contributed by atoms with Gasteiger partial charge >= 0.3 is 0 Å². The number of hydrogen-bond acceptors (Lipinski definition) is 3. The summed E-state index contributed by atoms with van der Waals surface area (Å²) in [5.74, 6) is -0.219. The predicted octanol–water partition coefficient (Wildman–Crippen LogP) is 2.45. The zero-order valence-corrected chi connectivity index (χ0v) is 12.4. The van der Waals surface area contributed by atoms with Crippen molar-refractivity contribution in [3.8, 4) is 0 Å². The Kier molecular flexibility index (Phi) is 6.24. The fraction of sp³-hybridized carbons (Fsp3) is 0.333. The quantitative estimate of drug-likeness (QED) is 0.621. The number of benzene rings is 1. The highest BCUT2D eigenvalue weighted by atomic mass is 79.9. The Morgan fingerprint density at radius 2 is 2.28 bits per heavy atom. The summed E-state index contributed by atoms with van der Waals surface area (Å²) in [4.78, 5) is 11.9. The van der Waals surface area contributed by atoms with Gasteiger partial charge in [0.15, 0.2) is 0 Å². The van der Waals surface area contributed by atoms with E-state index in [9.17, 15) is 4.79 Å². The lowest BCUT2D eigenvalue weighted by Gasteiger charge is -2.10. The van der Waals surface area contributed by atoms with E-state index in [-0.39, 0.29) is 17.5 Å². The van der Waals surface area contributed by atoms with Crippen molar-refractivity contribution >= 4 is 44.7 Å². The summed E-state index contributed by atoms with van der Waals surface area (Å²) in [5.41, 5.74) is 6.83. The number of amides is 1. The van der Waals surface area contributed by atoms with Gasteiger partial charge in [0.1, 0.15) is 11.6 Å². The molecule has 0 bridgehead atoms. The number of nitrogens with two attached hydrogens (primary N) is 1. The van der Waals surface area contributed by atoms with Gasteiger partial charge in [-0.25, -0.2) is 0 Å². The fourth-order valence-electron chi connectivity index (χ4n) is 1.32. The van der Waals surface area contributed by atoms with Crippen LogP contribution in [0.4, 0.5) is 5.69 Å². The maximum absolute atomic E-state index is 11.6. The summed E-state index contributed by atoms with van der Waals surface area (Å²) in [6.07, 6.45) is 0.879. The Morgan fingerprint density at radius 3 is 2.89 bits per heavy atom. The summed E-state index contributed by atoms with van der Waals surface area (Å²) >= 11 is 8.27. The third-order valence-corrected chi connectivity index (χ3v) is 2.82. The van der Waals surface area contributed by atoms with Gasteiger partial charge < -0.3 is 15.8 Å². The average molecular weight is 331 g/mol. The molecule has 6 heteroatoms. The van der Waals surface area contributed by atoms with Gasteiger partial charge in [-0.1, -0.05) is 35.1 Å². The van der Waals surface area contributed by atoms with Gasteiger partial charge in [0.05, 0.1) is 5.69 Å². The highest BCUT2D eigenvalue weighted by Crippen LogP contribution is 2.21. The molecular weight excluding hydrogens is 316 g/mol. The zero-order chi connectivity index (χ0) is 13.5. The lowest BCUT2D eigenvalue weighted by atomic mass is 10.2. The monoisotopic (exact) mass is 330 g/mol. The van der Waals surface area contributed by atoms with Gasteiger partial charge in [-0.05, 0) is 24.6 Å². The van der Waals surface area contributed by atoms with Gasteiger partial charge in [-0.3, -0.25) is 4.79 Å². The molecule has 1 amide bonds. The molecule has 0 atom stereocenters. The normalized spacial score (nSPS) is 10.1. The van der Waals surface area contributed by atoms with E-state index < -0.39 is 0 Å². The summed E-state index contributed by atoms with van der Waals surface area (Å²) < 4.78 is 6.01.